The van der Waals surface area contributed by atoms with Crippen molar-refractivity contribution < 1.29 is 14.5 Å². The number of carbonyl (C=O) groups excluding carboxylic acids is 2. The van der Waals surface area contributed by atoms with Gasteiger partial charge in [-0.05, 0) is 67.2 Å². The molecule has 3 N–H and O–H groups in total. The zero-order valence-electron chi connectivity index (χ0n) is 16.4. The molecule has 0 radical (unpaired) electrons. The number of anilines is 2. The van der Waals surface area contributed by atoms with Gasteiger partial charge in [0.1, 0.15) is 0 Å². The molecule has 3 rings (SSSR count). The Labute approximate surface area is 183 Å². The first-order valence-corrected chi connectivity index (χ1v) is 9.58. The number of aryl methyl sites for hydroxylation is 1. The van der Waals surface area contributed by atoms with Crippen LogP contribution in [0.4, 0.5) is 17.1 Å². The van der Waals surface area contributed by atoms with E-state index >= 15 is 0 Å². The third-order valence-corrected chi connectivity index (χ3v) is 4.54. The Morgan fingerprint density at radius 2 is 1.52 bits per heavy atom. The molecule has 0 atom stereocenters. The van der Waals surface area contributed by atoms with Crippen molar-refractivity contribution in [3.8, 4) is 0 Å². The number of hydrogen-bond acceptors (Lipinski definition) is 5. The molecule has 8 nitrogen and oxygen atoms in total. The Bertz CT molecular complexity index is 1150. The smallest absolute Gasteiger partial charge is 0.269 e. The lowest BCUT2D eigenvalue weighted by Gasteiger charge is -2.13. The number of nitro benzene ring substituents is 1. The second-order valence-electron chi connectivity index (χ2n) is 6.56. The Balaban J connectivity index is 1.60. The third-order valence-electron chi connectivity index (χ3n) is 4.34. The lowest BCUT2D eigenvalue weighted by Crippen LogP contribution is -2.34. The number of non-ortho nitro benzene ring substituents is 1. The summed E-state index contributed by atoms with van der Waals surface area (Å²) in [5.41, 5.74) is 2.78. The number of carbonyl (C=O) groups is 2. The topological polar surface area (TPSA) is 113 Å². The second kappa shape index (κ2) is 9.59. The number of nitrogens with one attached hydrogen (secondary N) is 3. The Morgan fingerprint density at radius 3 is 2.13 bits per heavy atom. The molecule has 2 amide bonds. The van der Waals surface area contributed by atoms with Gasteiger partial charge in [-0.3, -0.25) is 25.0 Å². The molecule has 0 fully saturated rings. The molecule has 0 aliphatic heterocycles. The fourth-order valence-electron chi connectivity index (χ4n) is 2.74. The van der Waals surface area contributed by atoms with Crippen molar-refractivity contribution in [3.05, 3.63) is 99.6 Å². The summed E-state index contributed by atoms with van der Waals surface area (Å²) in [5.74, 6) is -0.703. The predicted molar refractivity (Wildman–Crippen MR) is 122 cm³/mol. The van der Waals surface area contributed by atoms with E-state index in [2.05, 4.69) is 16.0 Å². The summed E-state index contributed by atoms with van der Waals surface area (Å²) in [6.07, 6.45) is 0. The van der Waals surface area contributed by atoms with Gasteiger partial charge in [0.15, 0.2) is 5.11 Å². The number of benzene rings is 3. The lowest BCUT2D eigenvalue weighted by molar-refractivity contribution is -0.384. The first-order chi connectivity index (χ1) is 14.8. The van der Waals surface area contributed by atoms with Crippen LogP contribution in [-0.4, -0.2) is 21.9 Å². The first-order valence-electron chi connectivity index (χ1n) is 9.17. The second-order valence-corrected chi connectivity index (χ2v) is 6.97. The Morgan fingerprint density at radius 1 is 0.871 bits per heavy atom. The maximum atomic E-state index is 12.3. The van der Waals surface area contributed by atoms with E-state index in [1.165, 1.54) is 24.3 Å². The van der Waals surface area contributed by atoms with Gasteiger partial charge in [0.25, 0.3) is 17.5 Å². The molecule has 0 unspecified atom stereocenters. The molecule has 0 aromatic heterocycles. The molecule has 3 aromatic carbocycles. The number of rotatable bonds is 5. The van der Waals surface area contributed by atoms with Gasteiger partial charge < -0.3 is 10.6 Å². The number of amides is 2. The largest absolute Gasteiger partial charge is 0.332 e. The van der Waals surface area contributed by atoms with Crippen molar-refractivity contribution in [1.29, 1.82) is 0 Å². The summed E-state index contributed by atoms with van der Waals surface area (Å²) in [7, 11) is 0. The highest BCUT2D eigenvalue weighted by Crippen LogP contribution is 2.20. The maximum absolute atomic E-state index is 12.3. The summed E-state index contributed by atoms with van der Waals surface area (Å²) < 4.78 is 0. The highest BCUT2D eigenvalue weighted by Gasteiger charge is 2.12. The molecular formula is C22H18N4O4S. The van der Waals surface area contributed by atoms with Gasteiger partial charge in [-0.25, -0.2) is 0 Å². The molecule has 0 saturated heterocycles. The van der Waals surface area contributed by atoms with Crippen LogP contribution in [0.25, 0.3) is 0 Å². The van der Waals surface area contributed by atoms with E-state index in [4.69, 9.17) is 12.2 Å². The van der Waals surface area contributed by atoms with Crippen molar-refractivity contribution in [3.63, 3.8) is 0 Å². The monoisotopic (exact) mass is 434 g/mol. The van der Waals surface area contributed by atoms with E-state index in [-0.39, 0.29) is 22.3 Å². The Hall–Kier alpha value is -4.11. The van der Waals surface area contributed by atoms with Gasteiger partial charge in [0, 0.05) is 34.6 Å². The third kappa shape index (κ3) is 5.71. The normalized spacial score (nSPS) is 10.1. The van der Waals surface area contributed by atoms with Crippen LogP contribution in [-0.2, 0) is 0 Å². The molecule has 0 aliphatic rings. The molecule has 0 spiro atoms. The van der Waals surface area contributed by atoms with E-state index in [0.29, 0.717) is 16.9 Å². The number of thiocarbonyl (C=S) groups is 1. The molecule has 0 heterocycles. The van der Waals surface area contributed by atoms with Crippen LogP contribution in [0.2, 0.25) is 0 Å². The first kappa shape index (κ1) is 21.6. The van der Waals surface area contributed by atoms with Gasteiger partial charge in [-0.15, -0.1) is 0 Å². The lowest BCUT2D eigenvalue weighted by atomic mass is 10.1. The average Bonchev–Trinajstić information content (AvgIpc) is 2.76. The van der Waals surface area contributed by atoms with Crippen LogP contribution in [0.15, 0.2) is 72.8 Å². The molecular weight excluding hydrogens is 416 g/mol. The SMILES string of the molecule is Cc1cc(NC(=S)NC(=O)c2ccc([N+](=O)[O-])cc2)ccc1NC(=O)c1ccccc1. The molecule has 31 heavy (non-hydrogen) atoms. The van der Waals surface area contributed by atoms with Crippen LogP contribution < -0.4 is 16.0 Å². The minimum Gasteiger partial charge on any atom is -0.332 e. The minimum atomic E-state index is -0.540. The summed E-state index contributed by atoms with van der Waals surface area (Å²) in [4.78, 5) is 34.7. The average molecular weight is 434 g/mol. The van der Waals surface area contributed by atoms with Gasteiger partial charge >= 0.3 is 0 Å². The number of nitrogens with zero attached hydrogens (tertiary/aromatic N) is 1. The van der Waals surface area contributed by atoms with Crippen molar-refractivity contribution in [2.24, 2.45) is 0 Å². The van der Waals surface area contributed by atoms with E-state index in [1.54, 1.807) is 42.5 Å². The molecule has 9 heteroatoms. The van der Waals surface area contributed by atoms with Crippen molar-refractivity contribution >= 4 is 46.2 Å². The van der Waals surface area contributed by atoms with Gasteiger partial charge in [-0.2, -0.15) is 0 Å². The summed E-state index contributed by atoms with van der Waals surface area (Å²) in [5, 5.41) is 19.1. The van der Waals surface area contributed by atoms with Crippen molar-refractivity contribution in [1.82, 2.24) is 5.32 Å². The minimum absolute atomic E-state index is 0.0730. The number of nitro groups is 1. The van der Waals surface area contributed by atoms with E-state index in [0.717, 1.165) is 5.56 Å². The summed E-state index contributed by atoms with van der Waals surface area (Å²) in [6.45, 7) is 1.84. The highest BCUT2D eigenvalue weighted by atomic mass is 32.1. The maximum Gasteiger partial charge on any atom is 0.269 e. The fraction of sp³-hybridized carbons (Fsp3) is 0.0455. The van der Waals surface area contributed by atoms with Crippen LogP contribution in [0, 0.1) is 17.0 Å². The quantitative estimate of drug-likeness (QED) is 0.314. The molecule has 0 aliphatic carbocycles. The fourth-order valence-corrected chi connectivity index (χ4v) is 2.95. The van der Waals surface area contributed by atoms with Crippen LogP contribution in [0.3, 0.4) is 0 Å². The van der Waals surface area contributed by atoms with E-state index in [1.807, 2.05) is 13.0 Å². The molecule has 156 valence electrons. The van der Waals surface area contributed by atoms with Crippen LogP contribution >= 0.6 is 12.2 Å². The zero-order valence-corrected chi connectivity index (χ0v) is 17.2. The van der Waals surface area contributed by atoms with Gasteiger partial charge in [-0.1, -0.05) is 18.2 Å². The van der Waals surface area contributed by atoms with Crippen LogP contribution in [0.1, 0.15) is 26.3 Å². The molecule has 0 bridgehead atoms. The van der Waals surface area contributed by atoms with Crippen LogP contribution in [0.5, 0.6) is 0 Å². The standard InChI is InChI=1S/C22H18N4O4S/c1-14-13-17(9-12-19(14)24-20(27)15-5-3-2-4-6-15)23-22(31)25-21(28)16-7-10-18(11-8-16)26(29)30/h2-13H,1H3,(H,24,27)(H2,23,25,28,31). The van der Waals surface area contributed by atoms with Crippen molar-refractivity contribution in [2.75, 3.05) is 10.6 Å². The summed E-state index contributed by atoms with van der Waals surface area (Å²) >= 11 is 5.17. The highest BCUT2D eigenvalue weighted by molar-refractivity contribution is 7.80. The zero-order chi connectivity index (χ0) is 22.4. The van der Waals surface area contributed by atoms with E-state index < -0.39 is 10.8 Å². The Kier molecular flexibility index (Phi) is 6.68. The summed E-state index contributed by atoms with van der Waals surface area (Å²) in [6, 6.07) is 19.3. The van der Waals surface area contributed by atoms with Crippen molar-refractivity contribution in [2.45, 2.75) is 6.92 Å². The molecule has 0 saturated carbocycles. The van der Waals surface area contributed by atoms with Gasteiger partial charge in [0.05, 0.1) is 4.92 Å². The van der Waals surface area contributed by atoms with Gasteiger partial charge in [0.2, 0.25) is 0 Å². The van der Waals surface area contributed by atoms with E-state index in [9.17, 15) is 19.7 Å². The molecule has 3 aromatic rings. The number of hydrogen-bond donors (Lipinski definition) is 3. The predicted octanol–water partition coefficient (Wildman–Crippen LogP) is 4.28.